The Morgan fingerprint density at radius 3 is 2.17 bits per heavy atom. The van der Waals surface area contributed by atoms with Crippen LogP contribution in [0.15, 0.2) is 24.3 Å². The average Bonchev–Trinajstić information content (AvgIpc) is 2.39. The molecule has 0 radical (unpaired) electrons. The predicted octanol–water partition coefficient (Wildman–Crippen LogP) is 3.15. The zero-order valence-electron chi connectivity index (χ0n) is 11.1. The van der Waals surface area contributed by atoms with Crippen molar-refractivity contribution >= 4 is 34.2 Å². The van der Waals surface area contributed by atoms with Gasteiger partial charge in [-0.1, -0.05) is 62.5 Å². The highest BCUT2D eigenvalue weighted by atomic mass is 31.1. The highest BCUT2D eigenvalue weighted by Crippen LogP contribution is 2.19. The number of rotatable bonds is 4. The Bertz CT molecular complexity index is 355. The molecular weight excluding hydrogens is 283 g/mol. The molecule has 1 aromatic carbocycles. The average molecular weight is 305 g/mol. The highest BCUT2D eigenvalue weighted by molar-refractivity contribution is 7.31. The standard InChI is InChI=1S/C10H16NO2P3.C2H6/c1-7-2-4-8(5-3-7)6-9(11(14)15)10(12)13-16;1-2/h2-5,9H,6,14-16H2,1H3;1-2H3. The first-order valence-electron chi connectivity index (χ1n) is 5.79. The van der Waals surface area contributed by atoms with Gasteiger partial charge in [-0.3, -0.25) is 9.24 Å². The van der Waals surface area contributed by atoms with E-state index in [0.717, 1.165) is 5.56 Å². The smallest absolute Gasteiger partial charge is 0.326 e. The van der Waals surface area contributed by atoms with Gasteiger partial charge in [0.1, 0.15) is 6.04 Å². The van der Waals surface area contributed by atoms with Crippen molar-refractivity contribution in [2.45, 2.75) is 33.2 Å². The molecule has 4 atom stereocenters. The van der Waals surface area contributed by atoms with Gasteiger partial charge in [-0.2, -0.15) is 0 Å². The number of aryl methyl sites for hydroxylation is 1. The first-order chi connectivity index (χ1) is 8.54. The Balaban J connectivity index is 0.00000137. The van der Waals surface area contributed by atoms with Crippen LogP contribution in [0.25, 0.3) is 0 Å². The third-order valence-corrected chi connectivity index (χ3v) is 3.25. The molecule has 1 rings (SSSR count). The van der Waals surface area contributed by atoms with Crippen LogP contribution in [-0.4, -0.2) is 16.5 Å². The molecule has 102 valence electrons. The zero-order chi connectivity index (χ0) is 14.1. The molecule has 6 heteroatoms. The maximum Gasteiger partial charge on any atom is 0.326 e. The van der Waals surface area contributed by atoms with Crippen LogP contribution < -0.4 is 0 Å². The van der Waals surface area contributed by atoms with Crippen molar-refractivity contribution in [3.63, 3.8) is 0 Å². The maximum atomic E-state index is 11.5. The Kier molecular flexibility index (Phi) is 9.78. The summed E-state index contributed by atoms with van der Waals surface area (Å²) in [5.41, 5.74) is 2.32. The lowest BCUT2D eigenvalue weighted by Crippen LogP contribution is -2.31. The van der Waals surface area contributed by atoms with E-state index in [0.29, 0.717) is 6.42 Å². The number of benzene rings is 1. The number of hydrogen-bond donors (Lipinski definition) is 0. The molecule has 0 aliphatic carbocycles. The van der Waals surface area contributed by atoms with E-state index in [2.05, 4.69) is 23.3 Å². The van der Waals surface area contributed by atoms with Crippen LogP contribution in [0.5, 0.6) is 0 Å². The lowest BCUT2D eigenvalue weighted by Gasteiger charge is -2.21. The van der Waals surface area contributed by atoms with E-state index in [1.165, 1.54) is 5.56 Å². The molecule has 3 nitrogen and oxygen atoms in total. The van der Waals surface area contributed by atoms with Crippen LogP contribution in [-0.2, 0) is 15.7 Å². The largest absolute Gasteiger partial charge is 0.450 e. The molecule has 0 aliphatic heterocycles. The third-order valence-electron chi connectivity index (χ3n) is 2.30. The van der Waals surface area contributed by atoms with Crippen molar-refractivity contribution in [3.8, 4) is 0 Å². The number of nitrogens with zero attached hydrogens (tertiary/aromatic N) is 1. The molecule has 0 saturated carbocycles. The molecule has 0 fully saturated rings. The maximum absolute atomic E-state index is 11.5. The van der Waals surface area contributed by atoms with Crippen LogP contribution >= 0.6 is 28.2 Å². The minimum Gasteiger partial charge on any atom is -0.450 e. The van der Waals surface area contributed by atoms with Crippen molar-refractivity contribution in [1.82, 2.24) is 4.44 Å². The molecule has 1 aromatic rings. The summed E-state index contributed by atoms with van der Waals surface area (Å²) in [6.45, 7) is 6.04. The predicted molar refractivity (Wildman–Crippen MR) is 87.1 cm³/mol. The fourth-order valence-corrected chi connectivity index (χ4v) is 1.95. The molecule has 0 aromatic heterocycles. The van der Waals surface area contributed by atoms with E-state index in [1.807, 2.05) is 54.5 Å². The molecule has 4 unspecified atom stereocenters. The van der Waals surface area contributed by atoms with Crippen LogP contribution in [0, 0.1) is 6.92 Å². The van der Waals surface area contributed by atoms with Crippen LogP contribution in [0.4, 0.5) is 0 Å². The number of carbonyl (C=O) groups is 1. The first kappa shape index (κ1) is 17.9. The van der Waals surface area contributed by atoms with Crippen molar-refractivity contribution in [1.29, 1.82) is 0 Å². The second kappa shape index (κ2) is 9.82. The molecule has 0 aliphatic rings. The molecule has 0 bridgehead atoms. The van der Waals surface area contributed by atoms with Gasteiger partial charge in [0, 0.05) is 0 Å². The van der Waals surface area contributed by atoms with Gasteiger partial charge in [0.2, 0.25) is 0 Å². The zero-order valence-corrected chi connectivity index (χ0v) is 14.6. The van der Waals surface area contributed by atoms with Crippen molar-refractivity contribution < 1.29 is 9.32 Å². The van der Waals surface area contributed by atoms with Crippen molar-refractivity contribution in [3.05, 3.63) is 35.4 Å². The number of hydrogen-bond acceptors (Lipinski definition) is 3. The Hall–Kier alpha value is -0.0600. The van der Waals surface area contributed by atoms with Gasteiger partial charge in [0.05, 0.1) is 9.47 Å². The van der Waals surface area contributed by atoms with E-state index in [1.54, 1.807) is 4.44 Å². The minimum atomic E-state index is -0.310. The Morgan fingerprint density at radius 1 is 1.28 bits per heavy atom. The summed E-state index contributed by atoms with van der Waals surface area (Å²) in [4.78, 5) is 11.5. The monoisotopic (exact) mass is 305 g/mol. The van der Waals surface area contributed by atoms with Crippen LogP contribution in [0.3, 0.4) is 0 Å². The molecule has 18 heavy (non-hydrogen) atoms. The van der Waals surface area contributed by atoms with Gasteiger partial charge < -0.3 is 4.52 Å². The first-order valence-corrected chi connectivity index (χ1v) is 7.29. The van der Waals surface area contributed by atoms with Gasteiger partial charge in [0.25, 0.3) is 0 Å². The van der Waals surface area contributed by atoms with Gasteiger partial charge in [-0.15, -0.1) is 0 Å². The summed E-state index contributed by atoms with van der Waals surface area (Å²) < 4.78 is 6.38. The summed E-state index contributed by atoms with van der Waals surface area (Å²) in [6.07, 6.45) is 0.626. The summed E-state index contributed by atoms with van der Waals surface area (Å²) in [5, 5.41) is 0. The summed E-state index contributed by atoms with van der Waals surface area (Å²) >= 11 is 0. The molecule has 0 spiro atoms. The number of carbonyl (C=O) groups excluding carboxylic acids is 1. The minimum absolute atomic E-state index is 0.268. The molecule has 0 saturated heterocycles. The van der Waals surface area contributed by atoms with E-state index >= 15 is 0 Å². The van der Waals surface area contributed by atoms with Crippen LogP contribution in [0.1, 0.15) is 25.0 Å². The highest BCUT2D eigenvalue weighted by Gasteiger charge is 2.22. The van der Waals surface area contributed by atoms with Crippen LogP contribution in [0.2, 0.25) is 0 Å². The molecule has 0 heterocycles. The molecule has 0 N–H and O–H groups in total. The second-order valence-corrected chi connectivity index (χ2v) is 5.61. The Morgan fingerprint density at radius 2 is 1.78 bits per heavy atom. The van der Waals surface area contributed by atoms with Crippen molar-refractivity contribution in [2.24, 2.45) is 0 Å². The van der Waals surface area contributed by atoms with Gasteiger partial charge in [-0.25, -0.2) is 0 Å². The van der Waals surface area contributed by atoms with Gasteiger partial charge in [0.15, 0.2) is 0 Å². The van der Waals surface area contributed by atoms with Crippen molar-refractivity contribution in [2.75, 3.05) is 0 Å². The quantitative estimate of drug-likeness (QED) is 0.800. The third kappa shape index (κ3) is 6.21. The van der Waals surface area contributed by atoms with E-state index in [4.69, 9.17) is 0 Å². The van der Waals surface area contributed by atoms with E-state index in [9.17, 15) is 4.79 Å². The Labute approximate surface area is 117 Å². The molecular formula is C12H22NO2P3. The molecule has 0 amide bonds. The normalized spacial score (nSPS) is 11.5. The van der Waals surface area contributed by atoms with E-state index < -0.39 is 0 Å². The summed E-state index contributed by atoms with van der Waals surface area (Å²) in [7, 11) is 6.91. The fourth-order valence-electron chi connectivity index (χ4n) is 1.34. The second-order valence-electron chi connectivity index (χ2n) is 3.59. The van der Waals surface area contributed by atoms with Gasteiger partial charge in [-0.05, 0) is 18.9 Å². The lowest BCUT2D eigenvalue weighted by molar-refractivity contribution is -0.136. The van der Waals surface area contributed by atoms with Gasteiger partial charge >= 0.3 is 5.97 Å². The fraction of sp³-hybridized carbons (Fsp3) is 0.417. The SMILES string of the molecule is CC.Cc1ccc(CC(C(=O)OP)N(P)P)cc1. The summed E-state index contributed by atoms with van der Waals surface area (Å²) in [6, 6.07) is 7.81. The van der Waals surface area contributed by atoms with E-state index in [-0.39, 0.29) is 12.0 Å². The summed E-state index contributed by atoms with van der Waals surface area (Å²) in [5.74, 6) is -0.268. The lowest BCUT2D eigenvalue weighted by atomic mass is 10.1. The topological polar surface area (TPSA) is 29.5 Å².